The van der Waals surface area contributed by atoms with Crippen LogP contribution in [0.5, 0.6) is 0 Å². The topological polar surface area (TPSA) is 47.2 Å². The van der Waals surface area contributed by atoms with E-state index in [1.54, 1.807) is 10.8 Å². The summed E-state index contributed by atoms with van der Waals surface area (Å²) in [6.07, 6.45) is 5.57. The molecule has 5 rings (SSSR count). The minimum atomic E-state index is -0.206. The van der Waals surface area contributed by atoms with Crippen LogP contribution in [0.4, 0.5) is 0 Å². The van der Waals surface area contributed by atoms with Gasteiger partial charge in [-0.3, -0.25) is 14.2 Å². The van der Waals surface area contributed by atoms with Crippen molar-refractivity contribution >= 4 is 16.8 Å². The highest BCUT2D eigenvalue weighted by molar-refractivity contribution is 6.10. The van der Waals surface area contributed by atoms with Crippen LogP contribution in [0.25, 0.3) is 22.3 Å². The molecule has 1 fully saturated rings. The average molecular weight is 347 g/mol. The van der Waals surface area contributed by atoms with Gasteiger partial charge in [0, 0.05) is 24.7 Å². The third kappa shape index (κ3) is 2.20. The average Bonchev–Trinajstić information content (AvgIpc) is 3.26. The van der Waals surface area contributed by atoms with Gasteiger partial charge in [0.05, 0.1) is 16.9 Å². The van der Waals surface area contributed by atoms with Crippen LogP contribution in [0.2, 0.25) is 0 Å². The van der Waals surface area contributed by atoms with Crippen molar-refractivity contribution in [2.75, 3.05) is 19.6 Å². The quantitative estimate of drug-likeness (QED) is 0.572. The van der Waals surface area contributed by atoms with Gasteiger partial charge < -0.3 is 9.47 Å². The number of piperidine rings is 1. The summed E-state index contributed by atoms with van der Waals surface area (Å²) in [6.45, 7) is 3.99. The lowest BCUT2D eigenvalue weighted by molar-refractivity contribution is 0.0968. The second-order valence-electron chi connectivity index (χ2n) is 7.19. The van der Waals surface area contributed by atoms with E-state index in [1.165, 1.54) is 19.3 Å². The van der Waals surface area contributed by atoms with E-state index in [1.807, 2.05) is 36.4 Å². The molecule has 0 amide bonds. The Bertz CT molecular complexity index is 1070. The van der Waals surface area contributed by atoms with Gasteiger partial charge in [0.25, 0.3) is 5.91 Å². The van der Waals surface area contributed by atoms with Crippen LogP contribution in [-0.4, -0.2) is 39.6 Å². The molecule has 0 saturated carbocycles. The van der Waals surface area contributed by atoms with E-state index < -0.39 is 0 Å². The van der Waals surface area contributed by atoms with Crippen LogP contribution in [0.3, 0.4) is 0 Å². The summed E-state index contributed by atoms with van der Waals surface area (Å²) in [7, 11) is 0. The zero-order valence-corrected chi connectivity index (χ0v) is 14.6. The zero-order valence-electron chi connectivity index (χ0n) is 14.6. The summed E-state index contributed by atoms with van der Waals surface area (Å²) >= 11 is 0. The largest absolute Gasteiger partial charge is 0.337 e. The van der Waals surface area contributed by atoms with E-state index in [0.717, 1.165) is 43.1 Å². The number of para-hydroxylation sites is 1. The number of nitrogens with zero attached hydrogens (tertiary/aromatic N) is 3. The van der Waals surface area contributed by atoms with Crippen LogP contribution in [-0.2, 0) is 6.54 Å². The molecule has 2 aliphatic heterocycles. The molecule has 132 valence electrons. The number of hydrogen-bond donors (Lipinski definition) is 0. The molecule has 26 heavy (non-hydrogen) atoms. The highest BCUT2D eigenvalue weighted by Crippen LogP contribution is 2.33. The van der Waals surface area contributed by atoms with Crippen molar-refractivity contribution in [1.82, 2.24) is 14.0 Å². The van der Waals surface area contributed by atoms with Crippen molar-refractivity contribution in [2.45, 2.75) is 25.8 Å². The maximum atomic E-state index is 13.0. The molecule has 5 nitrogen and oxygen atoms in total. The molecular formula is C21H21N3O2. The van der Waals surface area contributed by atoms with Crippen LogP contribution in [0, 0.1) is 0 Å². The second-order valence-corrected chi connectivity index (χ2v) is 7.19. The van der Waals surface area contributed by atoms with Crippen molar-refractivity contribution in [3.05, 3.63) is 58.4 Å². The number of benzene rings is 1. The molecule has 2 aromatic heterocycles. The number of hydrogen-bond acceptors (Lipinski definition) is 3. The minimum absolute atomic E-state index is 0.154. The second kappa shape index (κ2) is 5.95. The van der Waals surface area contributed by atoms with E-state index in [2.05, 4.69) is 9.47 Å². The lowest BCUT2D eigenvalue weighted by atomic mass is 10.1. The van der Waals surface area contributed by atoms with Gasteiger partial charge in [-0.25, -0.2) is 0 Å². The van der Waals surface area contributed by atoms with Crippen LogP contribution in [0.15, 0.2) is 47.4 Å². The number of likely N-dealkylation sites (tertiary alicyclic amines) is 1. The van der Waals surface area contributed by atoms with E-state index in [0.29, 0.717) is 10.9 Å². The van der Waals surface area contributed by atoms with Crippen molar-refractivity contribution in [3.63, 3.8) is 0 Å². The zero-order chi connectivity index (χ0) is 17.7. The first-order valence-electron chi connectivity index (χ1n) is 9.36. The lowest BCUT2D eigenvalue weighted by Crippen LogP contribution is -2.33. The Morgan fingerprint density at radius 1 is 0.885 bits per heavy atom. The minimum Gasteiger partial charge on any atom is -0.337 e. The molecule has 0 unspecified atom stereocenters. The Labute approximate surface area is 151 Å². The molecule has 4 heterocycles. The van der Waals surface area contributed by atoms with Gasteiger partial charge in [0.1, 0.15) is 5.56 Å². The smallest absolute Gasteiger partial charge is 0.268 e. The van der Waals surface area contributed by atoms with Gasteiger partial charge in [-0.05, 0) is 50.2 Å². The van der Waals surface area contributed by atoms with E-state index in [9.17, 15) is 9.59 Å². The molecule has 2 aliphatic rings. The molecule has 3 aromatic rings. The lowest BCUT2D eigenvalue weighted by Gasteiger charge is -2.27. The Morgan fingerprint density at radius 3 is 2.54 bits per heavy atom. The number of carbonyl (C=O) groups excluding carboxylic acids is 1. The van der Waals surface area contributed by atoms with Gasteiger partial charge in [-0.1, -0.05) is 18.6 Å². The number of fused-ring (bicyclic) bond motifs is 4. The molecule has 0 radical (unpaired) electrons. The predicted molar refractivity (Wildman–Crippen MR) is 102 cm³/mol. The number of rotatable bonds is 3. The Balaban J connectivity index is 1.69. The van der Waals surface area contributed by atoms with Gasteiger partial charge in [-0.15, -0.1) is 0 Å². The van der Waals surface area contributed by atoms with Gasteiger partial charge in [0.15, 0.2) is 0 Å². The summed E-state index contributed by atoms with van der Waals surface area (Å²) in [4.78, 5) is 28.3. The standard InChI is InChI=1S/C21H21N3O2/c25-20-15-7-2-3-8-16(15)23(14-13-22-10-4-1-5-11-22)19-17-9-6-12-24(17)21(26)18(19)20/h2-3,6-9,12H,1,4-5,10-11,13-14H2. The number of pyridine rings is 1. The monoisotopic (exact) mass is 347 g/mol. The molecule has 0 bridgehead atoms. The molecule has 5 heteroatoms. The van der Waals surface area contributed by atoms with Gasteiger partial charge in [-0.2, -0.15) is 0 Å². The normalized spacial score (nSPS) is 16.8. The molecule has 0 atom stereocenters. The fraction of sp³-hybridized carbons (Fsp3) is 0.333. The first kappa shape index (κ1) is 15.6. The van der Waals surface area contributed by atoms with Crippen LogP contribution < -0.4 is 5.43 Å². The number of aromatic nitrogens is 2. The highest BCUT2D eigenvalue weighted by atomic mass is 16.2. The molecule has 0 N–H and O–H groups in total. The number of carbonyl (C=O) groups is 1. The summed E-state index contributed by atoms with van der Waals surface area (Å²) in [5.74, 6) is -0.206. The van der Waals surface area contributed by atoms with Crippen molar-refractivity contribution in [1.29, 1.82) is 0 Å². The molecular weight excluding hydrogens is 326 g/mol. The summed E-state index contributed by atoms with van der Waals surface area (Å²) in [5, 5.41) is 0.629. The molecule has 0 spiro atoms. The van der Waals surface area contributed by atoms with Crippen molar-refractivity contribution in [3.8, 4) is 11.4 Å². The first-order chi connectivity index (χ1) is 12.8. The van der Waals surface area contributed by atoms with Crippen molar-refractivity contribution < 1.29 is 4.79 Å². The fourth-order valence-corrected chi connectivity index (χ4v) is 4.39. The maximum Gasteiger partial charge on any atom is 0.268 e. The summed E-state index contributed by atoms with van der Waals surface area (Å²) in [6, 6.07) is 11.4. The molecule has 1 saturated heterocycles. The first-order valence-corrected chi connectivity index (χ1v) is 9.36. The Morgan fingerprint density at radius 2 is 1.69 bits per heavy atom. The third-order valence-corrected chi connectivity index (χ3v) is 5.69. The molecule has 0 aliphatic carbocycles. The third-order valence-electron chi connectivity index (χ3n) is 5.69. The maximum absolute atomic E-state index is 13.0. The fourth-order valence-electron chi connectivity index (χ4n) is 4.39. The van der Waals surface area contributed by atoms with E-state index in [4.69, 9.17) is 0 Å². The van der Waals surface area contributed by atoms with Crippen LogP contribution in [0.1, 0.15) is 29.6 Å². The molecule has 1 aromatic carbocycles. The van der Waals surface area contributed by atoms with Gasteiger partial charge >= 0.3 is 0 Å². The Kier molecular flexibility index (Phi) is 3.57. The SMILES string of the molecule is O=C1c2c(n(CCN3CCCCC3)c3ccccc3c2=O)-c2cccn21. The summed E-state index contributed by atoms with van der Waals surface area (Å²) in [5.41, 5.74) is 2.68. The van der Waals surface area contributed by atoms with Crippen molar-refractivity contribution in [2.24, 2.45) is 0 Å². The predicted octanol–water partition coefficient (Wildman–Crippen LogP) is 2.96. The highest BCUT2D eigenvalue weighted by Gasteiger charge is 2.32. The summed E-state index contributed by atoms with van der Waals surface area (Å²) < 4.78 is 3.78. The van der Waals surface area contributed by atoms with E-state index in [-0.39, 0.29) is 11.3 Å². The van der Waals surface area contributed by atoms with Crippen LogP contribution >= 0.6 is 0 Å². The Hall–Kier alpha value is -2.66. The van der Waals surface area contributed by atoms with Gasteiger partial charge in [0.2, 0.25) is 5.43 Å². The van der Waals surface area contributed by atoms with E-state index >= 15 is 0 Å².